The lowest BCUT2D eigenvalue weighted by molar-refractivity contribution is 0.0888. The first-order valence-electron chi connectivity index (χ1n) is 6.76. The van der Waals surface area contributed by atoms with Gasteiger partial charge in [0, 0.05) is 6.04 Å². The Kier molecular flexibility index (Phi) is 4.49. The monoisotopic (exact) mass is 300 g/mol. The molecule has 1 fully saturated rings. The molecule has 2 N–H and O–H groups in total. The van der Waals surface area contributed by atoms with Crippen molar-refractivity contribution in [2.24, 2.45) is 5.92 Å². The number of amides is 1. The van der Waals surface area contributed by atoms with Crippen LogP contribution in [0.4, 0.5) is 0 Å². The van der Waals surface area contributed by atoms with Crippen LogP contribution < -0.4 is 10.0 Å². The van der Waals surface area contributed by atoms with Crippen molar-refractivity contribution in [2.75, 3.05) is 7.05 Å². The summed E-state index contributed by atoms with van der Waals surface area (Å²) < 4.78 is 30.3. The smallest absolute Gasteiger partial charge is 0.287 e. The lowest BCUT2D eigenvalue weighted by Crippen LogP contribution is -2.37. The molecule has 1 amide bonds. The van der Waals surface area contributed by atoms with E-state index in [0.717, 1.165) is 19.3 Å². The first kappa shape index (κ1) is 15.1. The number of hydrogen-bond acceptors (Lipinski definition) is 4. The predicted molar refractivity (Wildman–Crippen MR) is 73.8 cm³/mol. The molecule has 0 unspecified atom stereocenters. The molecule has 0 saturated heterocycles. The Morgan fingerprint density at radius 2 is 2.10 bits per heavy atom. The van der Waals surface area contributed by atoms with Gasteiger partial charge in [0.15, 0.2) is 5.76 Å². The van der Waals surface area contributed by atoms with E-state index in [0.29, 0.717) is 5.92 Å². The summed E-state index contributed by atoms with van der Waals surface area (Å²) in [4.78, 5) is 12.0. The maximum absolute atomic E-state index is 12.0. The third-order valence-electron chi connectivity index (χ3n) is 3.61. The number of rotatable bonds is 4. The van der Waals surface area contributed by atoms with E-state index in [2.05, 4.69) is 17.0 Å². The highest BCUT2D eigenvalue weighted by Gasteiger charge is 2.24. The topological polar surface area (TPSA) is 88.4 Å². The SMILES string of the molecule is CNS(=O)(=O)c1ccc(C(=O)N[C@@H]2CCC[C@H](C)C2)o1. The Hall–Kier alpha value is -1.34. The predicted octanol–water partition coefficient (Wildman–Crippen LogP) is 1.50. The zero-order chi connectivity index (χ0) is 14.8. The van der Waals surface area contributed by atoms with Crippen LogP contribution in [0, 0.1) is 5.92 Å². The van der Waals surface area contributed by atoms with Gasteiger partial charge in [0.25, 0.3) is 15.9 Å². The van der Waals surface area contributed by atoms with Crippen LogP contribution >= 0.6 is 0 Å². The molecule has 0 aliphatic heterocycles. The summed E-state index contributed by atoms with van der Waals surface area (Å²) in [5, 5.41) is 2.65. The fourth-order valence-electron chi connectivity index (χ4n) is 2.51. The van der Waals surface area contributed by atoms with Crippen LogP contribution in [0.1, 0.15) is 43.2 Å². The fourth-order valence-corrected chi connectivity index (χ4v) is 3.16. The van der Waals surface area contributed by atoms with Crippen molar-refractivity contribution in [3.05, 3.63) is 17.9 Å². The van der Waals surface area contributed by atoms with Crippen molar-refractivity contribution >= 4 is 15.9 Å². The second-order valence-corrected chi connectivity index (χ2v) is 7.09. The lowest BCUT2D eigenvalue weighted by atomic mass is 9.87. The Bertz CT molecular complexity index is 579. The van der Waals surface area contributed by atoms with Crippen LogP contribution in [-0.4, -0.2) is 27.4 Å². The number of carbonyl (C=O) groups is 1. The summed E-state index contributed by atoms with van der Waals surface area (Å²) in [6.45, 7) is 2.17. The molecule has 6 nitrogen and oxygen atoms in total. The highest BCUT2D eigenvalue weighted by Crippen LogP contribution is 2.24. The van der Waals surface area contributed by atoms with Crippen LogP contribution in [0.25, 0.3) is 0 Å². The molecule has 0 radical (unpaired) electrons. The molecule has 20 heavy (non-hydrogen) atoms. The van der Waals surface area contributed by atoms with Gasteiger partial charge in [-0.05, 0) is 37.9 Å². The molecule has 0 spiro atoms. The van der Waals surface area contributed by atoms with Gasteiger partial charge < -0.3 is 9.73 Å². The van der Waals surface area contributed by atoms with Gasteiger partial charge in [-0.15, -0.1) is 0 Å². The highest BCUT2D eigenvalue weighted by atomic mass is 32.2. The van der Waals surface area contributed by atoms with Gasteiger partial charge in [0.1, 0.15) is 0 Å². The van der Waals surface area contributed by atoms with Gasteiger partial charge in [-0.1, -0.05) is 19.8 Å². The molecule has 1 saturated carbocycles. The largest absolute Gasteiger partial charge is 0.438 e. The normalized spacial score (nSPS) is 23.5. The summed E-state index contributed by atoms with van der Waals surface area (Å²) in [5.41, 5.74) is 0. The molecule has 112 valence electrons. The summed E-state index contributed by atoms with van der Waals surface area (Å²) >= 11 is 0. The molecule has 7 heteroatoms. The minimum absolute atomic E-state index is 0.0250. The molecule has 1 aromatic heterocycles. The number of nitrogens with one attached hydrogen (secondary N) is 2. The van der Waals surface area contributed by atoms with Crippen molar-refractivity contribution in [1.82, 2.24) is 10.0 Å². The number of sulfonamides is 1. The molecule has 1 heterocycles. The van der Waals surface area contributed by atoms with Crippen LogP contribution in [0.3, 0.4) is 0 Å². The Balaban J connectivity index is 2.03. The summed E-state index contributed by atoms with van der Waals surface area (Å²) in [5.74, 6) is 0.268. The van der Waals surface area contributed by atoms with Crippen molar-refractivity contribution in [3.63, 3.8) is 0 Å². The summed E-state index contributed by atoms with van der Waals surface area (Å²) in [7, 11) is -2.36. The molecule has 0 bridgehead atoms. The van der Waals surface area contributed by atoms with Gasteiger partial charge in [-0.3, -0.25) is 4.79 Å². The van der Waals surface area contributed by atoms with Crippen LogP contribution in [-0.2, 0) is 10.0 Å². The summed E-state index contributed by atoms with van der Waals surface area (Å²) in [6, 6.07) is 2.80. The van der Waals surface area contributed by atoms with Crippen LogP contribution in [0.2, 0.25) is 0 Å². The Morgan fingerprint density at radius 1 is 1.35 bits per heavy atom. The van der Waals surface area contributed by atoms with E-state index in [9.17, 15) is 13.2 Å². The molecular weight excluding hydrogens is 280 g/mol. The number of furan rings is 1. The van der Waals surface area contributed by atoms with E-state index in [1.54, 1.807) is 0 Å². The highest BCUT2D eigenvalue weighted by molar-refractivity contribution is 7.89. The van der Waals surface area contributed by atoms with Gasteiger partial charge in [-0.2, -0.15) is 0 Å². The van der Waals surface area contributed by atoms with Crippen molar-refractivity contribution < 1.29 is 17.6 Å². The average molecular weight is 300 g/mol. The van der Waals surface area contributed by atoms with Crippen molar-refractivity contribution in [1.29, 1.82) is 0 Å². The molecule has 1 aliphatic carbocycles. The molecule has 2 rings (SSSR count). The number of carbonyl (C=O) groups excluding carboxylic acids is 1. The third-order valence-corrected chi connectivity index (χ3v) is 4.90. The molecule has 1 aromatic rings. The lowest BCUT2D eigenvalue weighted by Gasteiger charge is -2.27. The van der Waals surface area contributed by atoms with Crippen LogP contribution in [0.5, 0.6) is 0 Å². The number of hydrogen-bond donors (Lipinski definition) is 2. The van der Waals surface area contributed by atoms with Crippen molar-refractivity contribution in [2.45, 2.75) is 43.7 Å². The second kappa shape index (κ2) is 5.97. The zero-order valence-electron chi connectivity index (χ0n) is 11.7. The molecule has 0 aromatic carbocycles. The van der Waals surface area contributed by atoms with E-state index in [4.69, 9.17) is 4.42 Å². The summed E-state index contributed by atoms with van der Waals surface area (Å²) in [6.07, 6.45) is 4.20. The van der Waals surface area contributed by atoms with Gasteiger partial charge in [0.05, 0.1) is 0 Å². The first-order valence-corrected chi connectivity index (χ1v) is 8.25. The third kappa shape index (κ3) is 3.40. The molecule has 2 atom stereocenters. The fraction of sp³-hybridized carbons (Fsp3) is 0.615. The minimum atomic E-state index is -3.65. The quantitative estimate of drug-likeness (QED) is 0.882. The van der Waals surface area contributed by atoms with E-state index < -0.39 is 10.0 Å². The van der Waals surface area contributed by atoms with Gasteiger partial charge in [0.2, 0.25) is 5.09 Å². The average Bonchev–Trinajstić information content (AvgIpc) is 2.89. The maximum Gasteiger partial charge on any atom is 0.287 e. The zero-order valence-corrected chi connectivity index (χ0v) is 12.5. The van der Waals surface area contributed by atoms with Gasteiger partial charge in [-0.25, -0.2) is 13.1 Å². The standard InChI is InChI=1S/C13H20N2O4S/c1-9-4-3-5-10(8-9)15-13(16)11-6-7-12(19-11)20(17,18)14-2/h6-7,9-10,14H,3-5,8H2,1-2H3,(H,15,16)/t9-,10+/m0/s1. The Labute approximate surface area is 119 Å². The van der Waals surface area contributed by atoms with E-state index >= 15 is 0 Å². The van der Waals surface area contributed by atoms with Crippen LogP contribution in [0.15, 0.2) is 21.6 Å². The first-order chi connectivity index (χ1) is 9.42. The Morgan fingerprint density at radius 3 is 2.75 bits per heavy atom. The molecule has 1 aliphatic rings. The van der Waals surface area contributed by atoms with E-state index in [1.807, 2.05) is 0 Å². The minimum Gasteiger partial charge on any atom is -0.438 e. The van der Waals surface area contributed by atoms with E-state index in [1.165, 1.54) is 25.6 Å². The maximum atomic E-state index is 12.0. The van der Waals surface area contributed by atoms with E-state index in [-0.39, 0.29) is 22.8 Å². The van der Waals surface area contributed by atoms with Crippen molar-refractivity contribution in [3.8, 4) is 0 Å². The van der Waals surface area contributed by atoms with Gasteiger partial charge >= 0.3 is 0 Å². The molecular formula is C13H20N2O4S. The second-order valence-electron chi connectivity index (χ2n) is 5.27.